The van der Waals surface area contributed by atoms with E-state index in [4.69, 9.17) is 5.73 Å². The molecular weight excluding hydrogens is 330 g/mol. The number of hydrogen-bond acceptors (Lipinski definition) is 4. The lowest BCUT2D eigenvalue weighted by Crippen LogP contribution is -1.90. The molecule has 0 saturated carbocycles. The quantitative estimate of drug-likeness (QED) is 0.520. The number of nitrogens with zero attached hydrogens (tertiary/aromatic N) is 3. The Balaban J connectivity index is 1.93. The minimum Gasteiger partial charge on any atom is -0.397 e. The fourth-order valence-electron chi connectivity index (χ4n) is 2.30. The SMILES string of the molecule is Nc1cc(Br)cc2[nH]c(-c3cnc4ccccc4n3)nc12. The molecule has 6 heteroatoms. The summed E-state index contributed by atoms with van der Waals surface area (Å²) in [4.78, 5) is 16.7. The molecule has 2 aromatic heterocycles. The van der Waals surface area contributed by atoms with Crippen LogP contribution in [0.25, 0.3) is 33.6 Å². The van der Waals surface area contributed by atoms with Crippen molar-refractivity contribution >= 4 is 43.7 Å². The maximum Gasteiger partial charge on any atom is 0.158 e. The first kappa shape index (κ1) is 12.3. The Labute approximate surface area is 128 Å². The zero-order chi connectivity index (χ0) is 14.4. The predicted molar refractivity (Wildman–Crippen MR) is 86.7 cm³/mol. The number of imidazole rings is 1. The molecule has 4 rings (SSSR count). The van der Waals surface area contributed by atoms with Crippen molar-refractivity contribution < 1.29 is 0 Å². The van der Waals surface area contributed by atoms with E-state index in [1.165, 1.54) is 0 Å². The topological polar surface area (TPSA) is 80.5 Å². The van der Waals surface area contributed by atoms with Crippen LogP contribution in [0.5, 0.6) is 0 Å². The van der Waals surface area contributed by atoms with Crippen LogP contribution >= 0.6 is 15.9 Å². The molecule has 0 saturated heterocycles. The average Bonchev–Trinajstić information content (AvgIpc) is 2.91. The van der Waals surface area contributed by atoms with Crippen LogP contribution in [0.15, 0.2) is 47.1 Å². The van der Waals surface area contributed by atoms with Crippen molar-refractivity contribution in [2.45, 2.75) is 0 Å². The molecule has 21 heavy (non-hydrogen) atoms. The summed E-state index contributed by atoms with van der Waals surface area (Å²) >= 11 is 3.43. The molecule has 0 aliphatic heterocycles. The average molecular weight is 340 g/mol. The first-order valence-electron chi connectivity index (χ1n) is 6.37. The highest BCUT2D eigenvalue weighted by atomic mass is 79.9. The van der Waals surface area contributed by atoms with Crippen LogP contribution in [0.3, 0.4) is 0 Å². The first-order valence-corrected chi connectivity index (χ1v) is 7.17. The van der Waals surface area contributed by atoms with Crippen LogP contribution in [0.4, 0.5) is 5.69 Å². The first-order chi connectivity index (χ1) is 10.2. The third kappa shape index (κ3) is 2.04. The van der Waals surface area contributed by atoms with Gasteiger partial charge in [-0.2, -0.15) is 0 Å². The second-order valence-electron chi connectivity index (χ2n) is 4.72. The zero-order valence-corrected chi connectivity index (χ0v) is 12.4. The molecule has 2 aromatic carbocycles. The van der Waals surface area contributed by atoms with Crippen LogP contribution in [0, 0.1) is 0 Å². The molecule has 102 valence electrons. The number of rotatable bonds is 1. The Morgan fingerprint density at radius 2 is 1.86 bits per heavy atom. The number of aromatic nitrogens is 4. The summed E-state index contributed by atoms with van der Waals surface area (Å²) in [6.45, 7) is 0. The molecule has 0 aliphatic carbocycles. The zero-order valence-electron chi connectivity index (χ0n) is 10.8. The number of nitrogens with two attached hydrogens (primary N) is 1. The highest BCUT2D eigenvalue weighted by molar-refractivity contribution is 9.10. The summed E-state index contributed by atoms with van der Waals surface area (Å²) in [6.07, 6.45) is 1.71. The van der Waals surface area contributed by atoms with Gasteiger partial charge in [-0.1, -0.05) is 28.1 Å². The minimum atomic E-state index is 0.621. The Morgan fingerprint density at radius 3 is 2.71 bits per heavy atom. The van der Waals surface area contributed by atoms with E-state index in [1.54, 1.807) is 6.20 Å². The highest BCUT2D eigenvalue weighted by Crippen LogP contribution is 2.27. The van der Waals surface area contributed by atoms with E-state index in [2.05, 4.69) is 35.9 Å². The number of fused-ring (bicyclic) bond motifs is 2. The highest BCUT2D eigenvalue weighted by Gasteiger charge is 2.10. The Kier molecular flexibility index (Phi) is 2.65. The van der Waals surface area contributed by atoms with Gasteiger partial charge in [0.25, 0.3) is 0 Å². The maximum absolute atomic E-state index is 5.99. The molecular formula is C15H10BrN5. The lowest BCUT2D eigenvalue weighted by Gasteiger charge is -1.98. The van der Waals surface area contributed by atoms with Crippen molar-refractivity contribution in [3.63, 3.8) is 0 Å². The lowest BCUT2D eigenvalue weighted by atomic mass is 10.3. The fraction of sp³-hybridized carbons (Fsp3) is 0. The number of nitrogen functional groups attached to an aromatic ring is 1. The molecule has 0 fully saturated rings. The molecule has 3 N–H and O–H groups in total. The van der Waals surface area contributed by atoms with Crippen LogP contribution in [0.2, 0.25) is 0 Å². The van der Waals surface area contributed by atoms with Gasteiger partial charge < -0.3 is 10.7 Å². The second-order valence-corrected chi connectivity index (χ2v) is 5.64. The fourth-order valence-corrected chi connectivity index (χ4v) is 2.78. The largest absolute Gasteiger partial charge is 0.397 e. The molecule has 2 heterocycles. The van der Waals surface area contributed by atoms with Gasteiger partial charge in [0.15, 0.2) is 5.82 Å². The number of hydrogen-bond donors (Lipinski definition) is 2. The van der Waals surface area contributed by atoms with Gasteiger partial charge in [0.2, 0.25) is 0 Å². The van der Waals surface area contributed by atoms with Crippen LogP contribution in [-0.4, -0.2) is 19.9 Å². The van der Waals surface area contributed by atoms with E-state index in [0.717, 1.165) is 26.5 Å². The Hall–Kier alpha value is -2.47. The van der Waals surface area contributed by atoms with Gasteiger partial charge in [0.1, 0.15) is 11.2 Å². The molecule has 0 amide bonds. The van der Waals surface area contributed by atoms with Crippen molar-refractivity contribution in [2.75, 3.05) is 5.73 Å². The predicted octanol–water partition coefficient (Wildman–Crippen LogP) is 3.52. The van der Waals surface area contributed by atoms with Crippen molar-refractivity contribution in [3.8, 4) is 11.5 Å². The maximum atomic E-state index is 5.99. The normalized spacial score (nSPS) is 11.3. The van der Waals surface area contributed by atoms with Crippen LogP contribution < -0.4 is 5.73 Å². The van der Waals surface area contributed by atoms with Gasteiger partial charge in [-0.05, 0) is 24.3 Å². The number of nitrogens with one attached hydrogen (secondary N) is 1. The number of benzene rings is 2. The smallest absolute Gasteiger partial charge is 0.158 e. The van der Waals surface area contributed by atoms with E-state index < -0.39 is 0 Å². The number of anilines is 1. The Morgan fingerprint density at radius 1 is 1.05 bits per heavy atom. The van der Waals surface area contributed by atoms with Crippen LogP contribution in [0.1, 0.15) is 0 Å². The van der Waals surface area contributed by atoms with Gasteiger partial charge in [0, 0.05) is 4.47 Å². The van der Waals surface area contributed by atoms with Crippen LogP contribution in [-0.2, 0) is 0 Å². The third-order valence-electron chi connectivity index (χ3n) is 3.27. The Bertz CT molecular complexity index is 976. The molecule has 4 aromatic rings. The van der Waals surface area contributed by atoms with E-state index in [0.29, 0.717) is 17.2 Å². The van der Waals surface area contributed by atoms with Gasteiger partial charge in [-0.15, -0.1) is 0 Å². The number of aromatic amines is 1. The standard InChI is InChI=1S/C15H10BrN5/c16-8-5-9(17)14-12(6-8)20-15(21-14)13-7-18-10-3-1-2-4-11(10)19-13/h1-7H,17H2,(H,20,21). The number of H-pyrrole nitrogens is 1. The third-order valence-corrected chi connectivity index (χ3v) is 3.73. The second kappa shape index (κ2) is 4.53. The molecule has 0 aliphatic rings. The van der Waals surface area contributed by atoms with Crippen molar-refractivity contribution in [1.29, 1.82) is 0 Å². The molecule has 0 bridgehead atoms. The molecule has 0 unspecified atom stereocenters. The summed E-state index contributed by atoms with van der Waals surface area (Å²) in [5.74, 6) is 0.660. The van der Waals surface area contributed by atoms with E-state index in [-0.39, 0.29) is 0 Å². The van der Waals surface area contributed by atoms with E-state index in [1.807, 2.05) is 36.4 Å². The van der Waals surface area contributed by atoms with Crippen molar-refractivity contribution in [1.82, 2.24) is 19.9 Å². The minimum absolute atomic E-state index is 0.621. The molecule has 0 atom stereocenters. The summed E-state index contributed by atoms with van der Waals surface area (Å²) in [6, 6.07) is 11.5. The number of para-hydroxylation sites is 2. The van der Waals surface area contributed by atoms with Crippen molar-refractivity contribution in [3.05, 3.63) is 47.1 Å². The van der Waals surface area contributed by atoms with E-state index >= 15 is 0 Å². The lowest BCUT2D eigenvalue weighted by molar-refractivity contribution is 1.22. The summed E-state index contributed by atoms with van der Waals surface area (Å²) in [5.41, 5.74) is 10.6. The van der Waals surface area contributed by atoms with E-state index in [9.17, 15) is 0 Å². The number of halogens is 1. The van der Waals surface area contributed by atoms with Gasteiger partial charge in [0.05, 0.1) is 28.4 Å². The molecule has 0 radical (unpaired) electrons. The summed E-state index contributed by atoms with van der Waals surface area (Å²) in [5, 5.41) is 0. The monoisotopic (exact) mass is 339 g/mol. The van der Waals surface area contributed by atoms with Crippen molar-refractivity contribution in [2.24, 2.45) is 0 Å². The van der Waals surface area contributed by atoms with Gasteiger partial charge in [-0.3, -0.25) is 4.98 Å². The summed E-state index contributed by atoms with van der Waals surface area (Å²) in [7, 11) is 0. The molecule has 5 nitrogen and oxygen atoms in total. The van der Waals surface area contributed by atoms with Gasteiger partial charge in [-0.25, -0.2) is 9.97 Å². The molecule has 0 spiro atoms. The summed E-state index contributed by atoms with van der Waals surface area (Å²) < 4.78 is 0.910. The van der Waals surface area contributed by atoms with Gasteiger partial charge >= 0.3 is 0 Å².